The van der Waals surface area contributed by atoms with E-state index in [2.05, 4.69) is 16.0 Å². The van der Waals surface area contributed by atoms with Crippen molar-refractivity contribution in [2.75, 3.05) is 31.7 Å². The molecule has 0 spiro atoms. The van der Waals surface area contributed by atoms with Gasteiger partial charge in [0.2, 0.25) is 0 Å². The van der Waals surface area contributed by atoms with Crippen LogP contribution in [0.2, 0.25) is 0 Å². The van der Waals surface area contributed by atoms with Gasteiger partial charge in [0.1, 0.15) is 0 Å². The normalized spacial score (nSPS) is 11.9. The van der Waals surface area contributed by atoms with Crippen LogP contribution in [0.4, 0.5) is 5.69 Å². The maximum Gasteiger partial charge on any atom is 0.0640 e. The lowest BCUT2D eigenvalue weighted by atomic mass is 10.2. The molecule has 18 heavy (non-hydrogen) atoms. The van der Waals surface area contributed by atoms with Gasteiger partial charge in [0.25, 0.3) is 0 Å². The van der Waals surface area contributed by atoms with Crippen molar-refractivity contribution in [2.24, 2.45) is 5.73 Å². The Labute approximate surface area is 108 Å². The minimum absolute atomic E-state index is 0.0643. The number of anilines is 1. The molecule has 0 aromatic carbocycles. The summed E-state index contributed by atoms with van der Waals surface area (Å²) in [5.41, 5.74) is 7.62. The van der Waals surface area contributed by atoms with Gasteiger partial charge in [-0.25, -0.2) is 0 Å². The first-order valence-electron chi connectivity index (χ1n) is 6.01. The molecule has 0 fully saturated rings. The third-order valence-electron chi connectivity index (χ3n) is 2.66. The average Bonchev–Trinajstić information content (AvgIpc) is 2.39. The molecule has 0 saturated carbocycles. The van der Waals surface area contributed by atoms with E-state index in [1.807, 2.05) is 19.1 Å². The molecular weight excluding hydrogens is 228 g/mol. The molecule has 0 aliphatic heterocycles. The van der Waals surface area contributed by atoms with Crippen LogP contribution in [0.5, 0.6) is 0 Å². The highest BCUT2D eigenvalue weighted by atomic mass is 16.5. The third-order valence-corrected chi connectivity index (χ3v) is 2.66. The Balaban J connectivity index is 2.74. The zero-order valence-corrected chi connectivity index (χ0v) is 11.0. The Morgan fingerprint density at radius 3 is 2.78 bits per heavy atom. The average molecular weight is 248 g/mol. The summed E-state index contributed by atoms with van der Waals surface area (Å²) in [5, 5.41) is 8.66. The third kappa shape index (κ3) is 4.32. The van der Waals surface area contributed by atoms with E-state index >= 15 is 0 Å². The maximum atomic E-state index is 8.66. The molecule has 1 aromatic rings. The molecule has 0 saturated heterocycles. The van der Waals surface area contributed by atoms with E-state index in [1.54, 1.807) is 13.3 Å². The predicted octanol–water partition coefficient (Wildman–Crippen LogP) is 1.47. The highest BCUT2D eigenvalue weighted by Crippen LogP contribution is 2.15. The van der Waals surface area contributed by atoms with E-state index in [1.165, 1.54) is 0 Å². The molecule has 1 rings (SSSR count). The summed E-state index contributed by atoms with van der Waals surface area (Å²) in [6, 6.07) is 5.99. The van der Waals surface area contributed by atoms with Crippen molar-refractivity contribution in [1.82, 2.24) is 4.98 Å². The highest BCUT2D eigenvalue weighted by Gasteiger charge is 2.07. The molecule has 0 unspecified atom stereocenters. The van der Waals surface area contributed by atoms with Crippen LogP contribution in [0, 0.1) is 11.3 Å². The van der Waals surface area contributed by atoms with Gasteiger partial charge in [-0.05, 0) is 19.1 Å². The number of hydrogen-bond acceptors (Lipinski definition) is 5. The van der Waals surface area contributed by atoms with Crippen LogP contribution < -0.4 is 10.6 Å². The topological polar surface area (TPSA) is 75.2 Å². The van der Waals surface area contributed by atoms with E-state index in [9.17, 15) is 0 Å². The molecule has 1 heterocycles. The molecule has 98 valence electrons. The highest BCUT2D eigenvalue weighted by molar-refractivity contribution is 5.44. The first-order chi connectivity index (χ1) is 8.69. The van der Waals surface area contributed by atoms with Crippen LogP contribution >= 0.6 is 0 Å². The quantitative estimate of drug-likeness (QED) is 0.790. The molecule has 0 amide bonds. The first-order valence-corrected chi connectivity index (χ1v) is 6.01. The largest absolute Gasteiger partial charge is 0.383 e. The lowest BCUT2D eigenvalue weighted by Crippen LogP contribution is -2.28. The van der Waals surface area contributed by atoms with Gasteiger partial charge in [0, 0.05) is 26.2 Å². The standard InChI is InChI=1S/C13H20N4O/c1-11(15)13-5-4-12(10-16-13)17(7-3-6-14)8-9-18-2/h4-5,10-11H,3,7-9,15H2,1-2H3/t11-/m1/s1. The van der Waals surface area contributed by atoms with Crippen molar-refractivity contribution in [3.05, 3.63) is 24.0 Å². The predicted molar refractivity (Wildman–Crippen MR) is 71.2 cm³/mol. The summed E-state index contributed by atoms with van der Waals surface area (Å²) in [6.45, 7) is 3.96. The molecule has 0 aliphatic carbocycles. The van der Waals surface area contributed by atoms with Crippen LogP contribution in [-0.2, 0) is 4.74 Å². The Morgan fingerprint density at radius 1 is 1.50 bits per heavy atom. The summed E-state index contributed by atoms with van der Waals surface area (Å²) >= 11 is 0. The van der Waals surface area contributed by atoms with Crippen LogP contribution in [0.25, 0.3) is 0 Å². The molecule has 1 atom stereocenters. The van der Waals surface area contributed by atoms with Crippen LogP contribution in [-0.4, -0.2) is 31.8 Å². The van der Waals surface area contributed by atoms with Gasteiger partial charge in [0.15, 0.2) is 0 Å². The molecular formula is C13H20N4O. The van der Waals surface area contributed by atoms with E-state index in [-0.39, 0.29) is 6.04 Å². The first kappa shape index (κ1) is 14.4. The fourth-order valence-electron chi connectivity index (χ4n) is 1.61. The molecule has 0 aliphatic rings. The van der Waals surface area contributed by atoms with Crippen molar-refractivity contribution >= 4 is 5.69 Å². The Bertz CT molecular complexity index is 383. The number of nitriles is 1. The van der Waals surface area contributed by atoms with Gasteiger partial charge < -0.3 is 15.4 Å². The second-order valence-electron chi connectivity index (χ2n) is 4.12. The van der Waals surface area contributed by atoms with E-state index < -0.39 is 0 Å². The van der Waals surface area contributed by atoms with E-state index in [4.69, 9.17) is 15.7 Å². The number of nitrogens with two attached hydrogens (primary N) is 1. The lowest BCUT2D eigenvalue weighted by molar-refractivity contribution is 0.205. The summed E-state index contributed by atoms with van der Waals surface area (Å²) in [6.07, 6.45) is 2.28. The van der Waals surface area contributed by atoms with Gasteiger partial charge in [-0.3, -0.25) is 4.98 Å². The van der Waals surface area contributed by atoms with Crippen molar-refractivity contribution in [3.63, 3.8) is 0 Å². The van der Waals surface area contributed by atoms with Crippen molar-refractivity contribution in [1.29, 1.82) is 5.26 Å². The van der Waals surface area contributed by atoms with Crippen LogP contribution in [0.15, 0.2) is 18.3 Å². The fourth-order valence-corrected chi connectivity index (χ4v) is 1.61. The van der Waals surface area contributed by atoms with E-state index in [0.717, 1.165) is 17.9 Å². The number of nitrogens with zero attached hydrogens (tertiary/aromatic N) is 3. The van der Waals surface area contributed by atoms with Crippen molar-refractivity contribution in [3.8, 4) is 6.07 Å². The zero-order valence-electron chi connectivity index (χ0n) is 11.0. The number of methoxy groups -OCH3 is 1. The fraction of sp³-hybridized carbons (Fsp3) is 0.538. The number of rotatable bonds is 7. The number of aromatic nitrogens is 1. The van der Waals surface area contributed by atoms with Gasteiger partial charge >= 0.3 is 0 Å². The zero-order chi connectivity index (χ0) is 13.4. The summed E-state index contributed by atoms with van der Waals surface area (Å²) in [7, 11) is 1.67. The molecule has 5 nitrogen and oxygen atoms in total. The van der Waals surface area contributed by atoms with Crippen LogP contribution in [0.1, 0.15) is 25.1 Å². The van der Waals surface area contributed by atoms with Gasteiger partial charge in [-0.1, -0.05) is 0 Å². The Kier molecular flexibility index (Phi) is 6.12. The van der Waals surface area contributed by atoms with Crippen molar-refractivity contribution in [2.45, 2.75) is 19.4 Å². The maximum absolute atomic E-state index is 8.66. The summed E-state index contributed by atoms with van der Waals surface area (Å²) < 4.78 is 5.07. The molecule has 5 heteroatoms. The van der Waals surface area contributed by atoms with Crippen molar-refractivity contribution < 1.29 is 4.74 Å². The Morgan fingerprint density at radius 2 is 2.28 bits per heavy atom. The minimum atomic E-state index is -0.0643. The molecule has 0 radical (unpaired) electrons. The van der Waals surface area contributed by atoms with E-state index in [0.29, 0.717) is 19.6 Å². The number of ether oxygens (including phenoxy) is 1. The Hall–Kier alpha value is -1.64. The van der Waals surface area contributed by atoms with Gasteiger partial charge in [-0.2, -0.15) is 5.26 Å². The lowest BCUT2D eigenvalue weighted by Gasteiger charge is -2.23. The minimum Gasteiger partial charge on any atom is -0.383 e. The number of pyridine rings is 1. The van der Waals surface area contributed by atoms with Crippen LogP contribution in [0.3, 0.4) is 0 Å². The summed E-state index contributed by atoms with van der Waals surface area (Å²) in [4.78, 5) is 6.41. The van der Waals surface area contributed by atoms with Gasteiger partial charge in [0.05, 0.1) is 36.7 Å². The second-order valence-corrected chi connectivity index (χ2v) is 4.12. The molecule has 1 aromatic heterocycles. The number of hydrogen-bond donors (Lipinski definition) is 1. The summed E-state index contributed by atoms with van der Waals surface area (Å²) in [5.74, 6) is 0. The van der Waals surface area contributed by atoms with Gasteiger partial charge in [-0.15, -0.1) is 0 Å². The second kappa shape index (κ2) is 7.64. The smallest absolute Gasteiger partial charge is 0.0640 e. The molecule has 0 bridgehead atoms. The SMILES string of the molecule is COCCN(CCC#N)c1ccc([C@@H](C)N)nc1. The monoisotopic (exact) mass is 248 g/mol. The molecule has 2 N–H and O–H groups in total.